The molecule has 2 aliphatic rings. The summed E-state index contributed by atoms with van der Waals surface area (Å²) >= 11 is 1.79. The molecule has 1 amide bonds. The van der Waals surface area contributed by atoms with E-state index in [0.717, 1.165) is 47.8 Å². The summed E-state index contributed by atoms with van der Waals surface area (Å²) in [6.07, 6.45) is 4.09. The van der Waals surface area contributed by atoms with Crippen molar-refractivity contribution in [3.05, 3.63) is 59.2 Å². The van der Waals surface area contributed by atoms with Crippen LogP contribution in [0, 0.1) is 0 Å². The second kappa shape index (κ2) is 7.62. The average molecular weight is 369 g/mol. The summed E-state index contributed by atoms with van der Waals surface area (Å²) in [5, 5.41) is 0. The van der Waals surface area contributed by atoms with Gasteiger partial charge < -0.3 is 14.4 Å². The minimum absolute atomic E-state index is 0.101. The topological polar surface area (TPSA) is 38.8 Å². The average Bonchev–Trinajstić information content (AvgIpc) is 3.18. The molecule has 2 aliphatic heterocycles. The molecule has 0 radical (unpaired) electrons. The lowest BCUT2D eigenvalue weighted by atomic mass is 10.0. The van der Waals surface area contributed by atoms with Gasteiger partial charge in [0.25, 0.3) is 5.91 Å². The fraction of sp³-hybridized carbons (Fsp3) is 0.381. The van der Waals surface area contributed by atoms with Gasteiger partial charge in [0.15, 0.2) is 11.5 Å². The molecule has 4 rings (SSSR count). The van der Waals surface area contributed by atoms with Crippen molar-refractivity contribution in [2.45, 2.75) is 24.6 Å². The SMILES string of the molecule is CSCc1ccc(C(=O)N2CCCC2c2ccc3c(c2)OCCO3)cc1. The van der Waals surface area contributed by atoms with Gasteiger partial charge in [0.1, 0.15) is 13.2 Å². The molecule has 0 aromatic heterocycles. The van der Waals surface area contributed by atoms with E-state index in [-0.39, 0.29) is 11.9 Å². The van der Waals surface area contributed by atoms with Crippen molar-refractivity contribution in [1.82, 2.24) is 4.90 Å². The number of hydrogen-bond donors (Lipinski definition) is 0. The predicted molar refractivity (Wildman–Crippen MR) is 104 cm³/mol. The maximum Gasteiger partial charge on any atom is 0.254 e. The van der Waals surface area contributed by atoms with E-state index < -0.39 is 0 Å². The van der Waals surface area contributed by atoms with Crippen LogP contribution in [0.5, 0.6) is 11.5 Å². The van der Waals surface area contributed by atoms with Gasteiger partial charge in [0.2, 0.25) is 0 Å². The standard InChI is InChI=1S/C21H23NO3S/c1-26-14-15-4-6-16(7-5-15)21(23)22-10-2-3-18(22)17-8-9-19-20(13-17)25-12-11-24-19/h4-9,13,18H,2-3,10-12,14H2,1H3. The summed E-state index contributed by atoms with van der Waals surface area (Å²) in [5.74, 6) is 2.66. The fourth-order valence-corrected chi connectivity index (χ4v) is 4.23. The number of fused-ring (bicyclic) bond motifs is 1. The first-order valence-electron chi connectivity index (χ1n) is 9.04. The van der Waals surface area contributed by atoms with Crippen molar-refractivity contribution in [1.29, 1.82) is 0 Å². The van der Waals surface area contributed by atoms with Gasteiger partial charge >= 0.3 is 0 Å². The monoisotopic (exact) mass is 369 g/mol. The first-order chi connectivity index (χ1) is 12.8. The van der Waals surface area contributed by atoms with Crippen LogP contribution in [-0.2, 0) is 5.75 Å². The van der Waals surface area contributed by atoms with Crippen molar-refractivity contribution in [2.75, 3.05) is 26.0 Å². The Labute approximate surface area is 158 Å². The summed E-state index contributed by atoms with van der Waals surface area (Å²) in [4.78, 5) is 15.0. The molecule has 26 heavy (non-hydrogen) atoms. The molecule has 0 aliphatic carbocycles. The molecule has 1 fully saturated rings. The van der Waals surface area contributed by atoms with E-state index in [0.29, 0.717) is 13.2 Å². The molecule has 0 N–H and O–H groups in total. The van der Waals surface area contributed by atoms with Gasteiger partial charge in [-0.15, -0.1) is 0 Å². The number of thioether (sulfide) groups is 1. The van der Waals surface area contributed by atoms with Crippen molar-refractivity contribution in [3.63, 3.8) is 0 Å². The van der Waals surface area contributed by atoms with E-state index in [1.165, 1.54) is 5.56 Å². The lowest BCUT2D eigenvalue weighted by Crippen LogP contribution is -2.30. The molecule has 4 nitrogen and oxygen atoms in total. The van der Waals surface area contributed by atoms with Crippen LogP contribution >= 0.6 is 11.8 Å². The fourth-order valence-electron chi connectivity index (χ4n) is 3.70. The quantitative estimate of drug-likeness (QED) is 0.806. The Morgan fingerprint density at radius 3 is 2.65 bits per heavy atom. The summed E-state index contributed by atoms with van der Waals surface area (Å²) in [6, 6.07) is 14.2. The molecule has 2 aromatic carbocycles. The van der Waals surface area contributed by atoms with Gasteiger partial charge in [-0.2, -0.15) is 11.8 Å². The molecule has 5 heteroatoms. The Morgan fingerprint density at radius 2 is 1.88 bits per heavy atom. The summed E-state index contributed by atoms with van der Waals surface area (Å²) in [7, 11) is 0. The lowest BCUT2D eigenvalue weighted by molar-refractivity contribution is 0.0735. The Bertz CT molecular complexity index is 790. The number of carbonyl (C=O) groups excluding carboxylic acids is 1. The van der Waals surface area contributed by atoms with Gasteiger partial charge in [-0.3, -0.25) is 4.79 Å². The van der Waals surface area contributed by atoms with Crippen LogP contribution in [0.2, 0.25) is 0 Å². The Kier molecular flexibility index (Phi) is 5.07. The molecule has 0 saturated carbocycles. The maximum absolute atomic E-state index is 13.1. The minimum atomic E-state index is 0.101. The molecular formula is C21H23NO3S. The van der Waals surface area contributed by atoms with Gasteiger partial charge in [0.05, 0.1) is 6.04 Å². The first-order valence-corrected chi connectivity index (χ1v) is 10.4. The number of benzene rings is 2. The summed E-state index contributed by atoms with van der Waals surface area (Å²) in [6.45, 7) is 1.96. The lowest BCUT2D eigenvalue weighted by Gasteiger charge is -2.27. The van der Waals surface area contributed by atoms with Crippen molar-refractivity contribution in [2.24, 2.45) is 0 Å². The zero-order chi connectivity index (χ0) is 17.9. The first kappa shape index (κ1) is 17.3. The number of hydrogen-bond acceptors (Lipinski definition) is 4. The van der Waals surface area contributed by atoms with Crippen LogP contribution in [0.4, 0.5) is 0 Å². The molecule has 1 unspecified atom stereocenters. The summed E-state index contributed by atoms with van der Waals surface area (Å²) in [5.41, 5.74) is 3.14. The second-order valence-electron chi connectivity index (χ2n) is 6.69. The van der Waals surface area contributed by atoms with E-state index in [1.807, 2.05) is 29.2 Å². The normalized spacial score (nSPS) is 18.8. The van der Waals surface area contributed by atoms with Crippen LogP contribution in [-0.4, -0.2) is 36.8 Å². The van der Waals surface area contributed by atoms with E-state index in [2.05, 4.69) is 24.5 Å². The number of rotatable bonds is 4. The summed E-state index contributed by atoms with van der Waals surface area (Å²) < 4.78 is 11.3. The zero-order valence-corrected chi connectivity index (χ0v) is 15.8. The maximum atomic E-state index is 13.1. The van der Waals surface area contributed by atoms with Gasteiger partial charge in [-0.1, -0.05) is 18.2 Å². The van der Waals surface area contributed by atoms with Gasteiger partial charge in [-0.05, 0) is 54.5 Å². The molecule has 0 bridgehead atoms. The largest absolute Gasteiger partial charge is 0.486 e. The highest BCUT2D eigenvalue weighted by Gasteiger charge is 2.31. The number of nitrogens with zero attached hydrogens (tertiary/aromatic N) is 1. The van der Waals surface area contributed by atoms with Crippen molar-refractivity contribution in [3.8, 4) is 11.5 Å². The molecular weight excluding hydrogens is 346 g/mol. The van der Waals surface area contributed by atoms with E-state index in [1.54, 1.807) is 11.8 Å². The smallest absolute Gasteiger partial charge is 0.254 e. The third-order valence-electron chi connectivity index (χ3n) is 4.98. The third kappa shape index (κ3) is 3.40. The number of carbonyl (C=O) groups is 1. The van der Waals surface area contributed by atoms with Crippen LogP contribution in [0.3, 0.4) is 0 Å². The van der Waals surface area contributed by atoms with Crippen molar-refractivity contribution >= 4 is 17.7 Å². The Balaban J connectivity index is 1.55. The molecule has 2 aromatic rings. The molecule has 136 valence electrons. The van der Waals surface area contributed by atoms with Gasteiger partial charge in [0, 0.05) is 17.9 Å². The highest BCUT2D eigenvalue weighted by atomic mass is 32.2. The van der Waals surface area contributed by atoms with Crippen LogP contribution in [0.25, 0.3) is 0 Å². The van der Waals surface area contributed by atoms with E-state index >= 15 is 0 Å². The van der Waals surface area contributed by atoms with E-state index in [4.69, 9.17) is 9.47 Å². The predicted octanol–water partition coefficient (Wildman–Crippen LogP) is 4.30. The Hall–Kier alpha value is -2.14. The molecule has 2 heterocycles. The van der Waals surface area contributed by atoms with Crippen molar-refractivity contribution < 1.29 is 14.3 Å². The Morgan fingerprint density at radius 1 is 1.12 bits per heavy atom. The zero-order valence-electron chi connectivity index (χ0n) is 14.9. The van der Waals surface area contributed by atoms with Crippen LogP contribution < -0.4 is 9.47 Å². The van der Waals surface area contributed by atoms with Crippen LogP contribution in [0.1, 0.15) is 40.4 Å². The molecule has 1 atom stereocenters. The molecule has 1 saturated heterocycles. The minimum Gasteiger partial charge on any atom is -0.486 e. The third-order valence-corrected chi connectivity index (χ3v) is 5.60. The number of ether oxygens (including phenoxy) is 2. The number of likely N-dealkylation sites (tertiary alicyclic amines) is 1. The highest BCUT2D eigenvalue weighted by molar-refractivity contribution is 7.97. The number of amides is 1. The van der Waals surface area contributed by atoms with Gasteiger partial charge in [-0.25, -0.2) is 0 Å². The van der Waals surface area contributed by atoms with Crippen LogP contribution in [0.15, 0.2) is 42.5 Å². The molecule has 0 spiro atoms. The highest BCUT2D eigenvalue weighted by Crippen LogP contribution is 2.38. The van der Waals surface area contributed by atoms with E-state index in [9.17, 15) is 4.79 Å². The second-order valence-corrected chi connectivity index (χ2v) is 7.56.